The minimum atomic E-state index is -0.00274. The average Bonchev–Trinajstić information content (AvgIpc) is 3.39. The van der Waals surface area contributed by atoms with Gasteiger partial charge in [0.15, 0.2) is 17.3 Å². The van der Waals surface area contributed by atoms with Crippen LogP contribution in [0.25, 0.3) is 27.8 Å². The number of nitrogens with zero attached hydrogens (tertiary/aromatic N) is 6. The number of aromatic nitrogens is 4. The molecule has 3 heterocycles. The van der Waals surface area contributed by atoms with Gasteiger partial charge in [-0.25, -0.2) is 0 Å². The van der Waals surface area contributed by atoms with Crippen molar-refractivity contribution in [1.82, 2.24) is 29.6 Å². The highest BCUT2D eigenvalue weighted by molar-refractivity contribution is 6.01. The summed E-state index contributed by atoms with van der Waals surface area (Å²) in [5.74, 6) is 2.09. The van der Waals surface area contributed by atoms with Crippen LogP contribution in [-0.4, -0.2) is 82.4 Å². The number of carbonyl (C=O) groups excluding carboxylic acids is 1. The van der Waals surface area contributed by atoms with Gasteiger partial charge >= 0.3 is 0 Å². The summed E-state index contributed by atoms with van der Waals surface area (Å²) in [6.07, 6.45) is 0. The third-order valence-corrected chi connectivity index (χ3v) is 7.01. The van der Waals surface area contributed by atoms with Crippen LogP contribution in [0.15, 0.2) is 72.8 Å². The molecule has 0 aliphatic carbocycles. The van der Waals surface area contributed by atoms with Crippen LogP contribution >= 0.6 is 0 Å². The van der Waals surface area contributed by atoms with Crippen molar-refractivity contribution in [3.05, 3.63) is 72.8 Å². The van der Waals surface area contributed by atoms with Gasteiger partial charge in [-0.1, -0.05) is 24.3 Å². The Morgan fingerprint density at radius 1 is 0.872 bits per heavy atom. The van der Waals surface area contributed by atoms with Gasteiger partial charge in [-0.3, -0.25) is 9.69 Å². The highest BCUT2D eigenvalue weighted by Crippen LogP contribution is 2.30. The van der Waals surface area contributed by atoms with Gasteiger partial charge < -0.3 is 20.3 Å². The summed E-state index contributed by atoms with van der Waals surface area (Å²) in [4.78, 5) is 17.0. The topological polar surface area (TPSA) is 99.9 Å². The Balaban J connectivity index is 1.23. The Bertz CT molecular complexity index is 1610. The molecule has 6 rings (SSSR count). The minimum Gasteiger partial charge on any atom is -0.497 e. The third-order valence-electron chi connectivity index (χ3n) is 7.01. The average molecular weight is 523 g/mol. The number of methoxy groups -OCH3 is 1. The molecule has 0 atom stereocenters. The van der Waals surface area contributed by atoms with Gasteiger partial charge in [0.1, 0.15) is 5.75 Å². The van der Waals surface area contributed by atoms with Gasteiger partial charge in [-0.15, -0.1) is 15.3 Å². The largest absolute Gasteiger partial charge is 0.497 e. The van der Waals surface area contributed by atoms with Gasteiger partial charge in [0.25, 0.3) is 0 Å². The van der Waals surface area contributed by atoms with E-state index in [-0.39, 0.29) is 5.91 Å². The van der Waals surface area contributed by atoms with E-state index in [1.807, 2.05) is 72.8 Å². The lowest BCUT2D eigenvalue weighted by Crippen LogP contribution is -2.47. The first-order valence-corrected chi connectivity index (χ1v) is 12.9. The van der Waals surface area contributed by atoms with Crippen molar-refractivity contribution in [3.8, 4) is 17.1 Å². The van der Waals surface area contributed by atoms with Gasteiger partial charge in [0, 0.05) is 53.9 Å². The second-order valence-corrected chi connectivity index (χ2v) is 9.71. The third kappa shape index (κ3) is 5.25. The lowest BCUT2D eigenvalue weighted by Gasteiger charge is -2.31. The molecule has 198 valence electrons. The van der Waals surface area contributed by atoms with Crippen LogP contribution in [0.2, 0.25) is 0 Å². The van der Waals surface area contributed by atoms with E-state index in [4.69, 9.17) is 9.84 Å². The van der Waals surface area contributed by atoms with Crippen LogP contribution < -0.4 is 15.4 Å². The predicted octanol–water partition coefficient (Wildman–Crippen LogP) is 3.88. The molecule has 0 unspecified atom stereocenters. The molecule has 0 bridgehead atoms. The maximum absolute atomic E-state index is 12.6. The number of nitrogens with one attached hydrogen (secondary N) is 2. The van der Waals surface area contributed by atoms with Crippen molar-refractivity contribution in [3.63, 3.8) is 0 Å². The van der Waals surface area contributed by atoms with Crippen LogP contribution in [0.1, 0.15) is 0 Å². The van der Waals surface area contributed by atoms with E-state index in [2.05, 4.69) is 37.7 Å². The Hall–Kier alpha value is -4.54. The molecule has 2 N–H and O–H groups in total. The zero-order chi connectivity index (χ0) is 26.8. The Morgan fingerprint density at radius 2 is 1.56 bits per heavy atom. The monoisotopic (exact) mass is 522 g/mol. The number of anilines is 3. The molecule has 10 heteroatoms. The Labute approximate surface area is 226 Å². The van der Waals surface area contributed by atoms with Crippen molar-refractivity contribution in [1.29, 1.82) is 0 Å². The molecule has 1 fully saturated rings. The number of amides is 1. The highest BCUT2D eigenvalue weighted by Gasteiger charge is 2.18. The molecule has 10 nitrogen and oxygen atoms in total. The first-order valence-electron chi connectivity index (χ1n) is 12.9. The molecule has 39 heavy (non-hydrogen) atoms. The molecule has 0 saturated carbocycles. The normalized spacial score (nSPS) is 14.5. The number of likely N-dealkylation sites (N-methyl/N-ethyl adjacent to an activating group) is 1. The number of carbonyl (C=O) groups is 1. The summed E-state index contributed by atoms with van der Waals surface area (Å²) < 4.78 is 7.05. The summed E-state index contributed by atoms with van der Waals surface area (Å²) in [5.41, 5.74) is 3.17. The minimum absolute atomic E-state index is 0.00274. The number of benzene rings is 3. The van der Waals surface area contributed by atoms with Crippen molar-refractivity contribution in [2.75, 3.05) is 57.5 Å². The van der Waals surface area contributed by atoms with Crippen LogP contribution in [0.5, 0.6) is 5.75 Å². The number of hydrogen-bond acceptors (Lipinski definition) is 8. The number of hydrogen-bond donors (Lipinski definition) is 2. The molecule has 0 spiro atoms. The zero-order valence-corrected chi connectivity index (χ0v) is 22.0. The number of piperazine rings is 1. The van der Waals surface area contributed by atoms with Crippen LogP contribution in [-0.2, 0) is 4.79 Å². The second-order valence-electron chi connectivity index (χ2n) is 9.71. The molecule has 5 aromatic rings. The van der Waals surface area contributed by atoms with E-state index in [1.165, 1.54) is 0 Å². The quantitative estimate of drug-likeness (QED) is 0.332. The zero-order valence-electron chi connectivity index (χ0n) is 22.0. The standard InChI is InChI=1S/C29H30N8O2/c1-35-15-17-36(18-16-35)19-26(38)30-21-9-11-22(12-10-21)31-27-24-5-3-4-6-25(24)29-33-32-28(37(29)34-27)20-7-13-23(39-2)14-8-20/h3-14H,15-19H2,1-2H3,(H,30,38)(H,31,34). The van der Waals surface area contributed by atoms with Gasteiger partial charge in [0.2, 0.25) is 5.91 Å². The fourth-order valence-electron chi connectivity index (χ4n) is 4.78. The van der Waals surface area contributed by atoms with E-state index < -0.39 is 0 Å². The molecular weight excluding hydrogens is 492 g/mol. The van der Waals surface area contributed by atoms with E-state index in [0.717, 1.165) is 59.6 Å². The van der Waals surface area contributed by atoms with Gasteiger partial charge in [0.05, 0.1) is 13.7 Å². The maximum Gasteiger partial charge on any atom is 0.238 e. The molecule has 1 amide bonds. The maximum atomic E-state index is 12.6. The molecule has 1 aliphatic rings. The van der Waals surface area contributed by atoms with E-state index in [0.29, 0.717) is 23.8 Å². The van der Waals surface area contributed by atoms with Gasteiger partial charge in [-0.05, 0) is 55.6 Å². The van der Waals surface area contributed by atoms with Crippen LogP contribution in [0, 0.1) is 0 Å². The summed E-state index contributed by atoms with van der Waals surface area (Å²) in [6.45, 7) is 4.19. The van der Waals surface area contributed by atoms with Crippen molar-refractivity contribution >= 4 is 39.5 Å². The fraction of sp³-hybridized carbons (Fsp3) is 0.241. The van der Waals surface area contributed by atoms with E-state index in [9.17, 15) is 4.79 Å². The smallest absolute Gasteiger partial charge is 0.238 e. The molecule has 1 aliphatic heterocycles. The Morgan fingerprint density at radius 3 is 2.28 bits per heavy atom. The highest BCUT2D eigenvalue weighted by atomic mass is 16.5. The van der Waals surface area contributed by atoms with E-state index in [1.54, 1.807) is 11.6 Å². The SMILES string of the molecule is COc1ccc(-c2nnc3c4ccccc4c(Nc4ccc(NC(=O)CN5CCN(C)CC5)cc4)nn23)cc1. The lowest BCUT2D eigenvalue weighted by molar-refractivity contribution is -0.117. The Kier molecular flexibility index (Phi) is 6.78. The van der Waals surface area contributed by atoms with Crippen LogP contribution in [0.4, 0.5) is 17.2 Å². The first-order chi connectivity index (χ1) is 19.1. The second kappa shape index (κ2) is 10.7. The van der Waals surface area contributed by atoms with Crippen molar-refractivity contribution in [2.45, 2.75) is 0 Å². The van der Waals surface area contributed by atoms with Crippen LogP contribution in [0.3, 0.4) is 0 Å². The molecule has 1 saturated heterocycles. The molecule has 3 aromatic carbocycles. The predicted molar refractivity (Wildman–Crippen MR) is 153 cm³/mol. The summed E-state index contributed by atoms with van der Waals surface area (Å²) in [6, 6.07) is 23.3. The van der Waals surface area contributed by atoms with Gasteiger partial charge in [-0.2, -0.15) is 4.52 Å². The van der Waals surface area contributed by atoms with Crippen molar-refractivity contribution in [2.24, 2.45) is 0 Å². The number of rotatable bonds is 7. The number of ether oxygens (including phenoxy) is 1. The van der Waals surface area contributed by atoms with E-state index >= 15 is 0 Å². The number of fused-ring (bicyclic) bond motifs is 3. The molecular formula is C29H30N8O2. The summed E-state index contributed by atoms with van der Waals surface area (Å²) in [7, 11) is 3.75. The molecule has 0 radical (unpaired) electrons. The first kappa shape index (κ1) is 24.8. The molecule has 2 aromatic heterocycles. The lowest BCUT2D eigenvalue weighted by atomic mass is 10.1. The summed E-state index contributed by atoms with van der Waals surface area (Å²) in [5, 5.41) is 22.1. The van der Waals surface area contributed by atoms with Crippen molar-refractivity contribution < 1.29 is 9.53 Å². The fourth-order valence-corrected chi connectivity index (χ4v) is 4.78. The summed E-state index contributed by atoms with van der Waals surface area (Å²) >= 11 is 0.